The molecule has 0 spiro atoms. The van der Waals surface area contributed by atoms with E-state index in [0.29, 0.717) is 27.5 Å². The Labute approximate surface area is 263 Å². The van der Waals surface area contributed by atoms with E-state index in [1.54, 1.807) is 63.2 Å². The molecule has 4 aromatic rings. The normalized spacial score (nSPS) is 12.6. The highest BCUT2D eigenvalue weighted by molar-refractivity contribution is 7.91. The first-order valence-corrected chi connectivity index (χ1v) is 15.7. The van der Waals surface area contributed by atoms with Crippen LogP contribution in [0.5, 0.6) is 0 Å². The van der Waals surface area contributed by atoms with Crippen LogP contribution in [0.1, 0.15) is 38.1 Å². The maximum atomic E-state index is 13.2. The zero-order valence-electron chi connectivity index (χ0n) is 24.8. The number of carbonyl (C=O) groups is 2. The number of tetrazole rings is 1. The van der Waals surface area contributed by atoms with Crippen molar-refractivity contribution >= 4 is 45.2 Å². The van der Waals surface area contributed by atoms with E-state index >= 15 is 0 Å². The second kappa shape index (κ2) is 13.8. The summed E-state index contributed by atoms with van der Waals surface area (Å²) in [5.74, 6) is -1.25. The minimum atomic E-state index is -3.71. The summed E-state index contributed by atoms with van der Waals surface area (Å²) in [6.45, 7) is 5.38. The largest absolute Gasteiger partial charge is 0.453 e. The first kappa shape index (κ1) is 33.0. The van der Waals surface area contributed by atoms with Gasteiger partial charge in [-0.2, -0.15) is 9.78 Å². The molecule has 2 amide bonds. The van der Waals surface area contributed by atoms with E-state index in [2.05, 4.69) is 41.1 Å². The Morgan fingerprint density at radius 2 is 1.87 bits per heavy atom. The lowest BCUT2D eigenvalue weighted by molar-refractivity contribution is -0.117. The summed E-state index contributed by atoms with van der Waals surface area (Å²) >= 11 is 6.18. The zero-order chi connectivity index (χ0) is 32.8. The number of sulfone groups is 1. The third-order valence-electron chi connectivity index (χ3n) is 6.20. The topological polar surface area (TPSA) is 191 Å². The van der Waals surface area contributed by atoms with E-state index in [4.69, 9.17) is 11.6 Å². The lowest BCUT2D eigenvalue weighted by atomic mass is 10.0. The molecule has 0 fully saturated rings. The summed E-state index contributed by atoms with van der Waals surface area (Å²) in [5, 5.41) is 23.3. The SMILES string of the molecule is COC(=O)Nc1ccc(-c2cc([C@H](CS(=O)(=O)CC(C)(C)C)NC(=O)C=Cc3cc(Cl)ccc3-n3cnnn3)n[nH]c2=O)cc1. The van der Waals surface area contributed by atoms with Crippen LogP contribution in [0.4, 0.5) is 10.5 Å². The van der Waals surface area contributed by atoms with Crippen LogP contribution >= 0.6 is 11.6 Å². The number of carbonyl (C=O) groups excluding carboxylic acids is 2. The van der Waals surface area contributed by atoms with Crippen LogP contribution in [0.15, 0.2) is 65.7 Å². The Balaban J connectivity index is 1.66. The number of amides is 2. The highest BCUT2D eigenvalue weighted by Crippen LogP contribution is 2.24. The highest BCUT2D eigenvalue weighted by Gasteiger charge is 2.28. The minimum Gasteiger partial charge on any atom is -0.453 e. The summed E-state index contributed by atoms with van der Waals surface area (Å²) in [6, 6.07) is 11.6. The molecule has 14 nitrogen and oxygen atoms in total. The molecule has 0 radical (unpaired) electrons. The molecule has 1 atom stereocenters. The zero-order valence-corrected chi connectivity index (χ0v) is 26.4. The fourth-order valence-corrected chi connectivity index (χ4v) is 6.79. The molecule has 0 aliphatic rings. The van der Waals surface area contributed by atoms with Crippen LogP contribution < -0.4 is 16.2 Å². The van der Waals surface area contributed by atoms with E-state index in [9.17, 15) is 22.8 Å². The number of anilines is 1. The summed E-state index contributed by atoms with van der Waals surface area (Å²) in [4.78, 5) is 37.5. The highest BCUT2D eigenvalue weighted by atomic mass is 35.5. The van der Waals surface area contributed by atoms with Gasteiger partial charge in [0.1, 0.15) is 6.33 Å². The molecular weight excluding hydrogens is 624 g/mol. The smallest absolute Gasteiger partial charge is 0.411 e. The minimum absolute atomic E-state index is 0.123. The second-order valence-corrected chi connectivity index (χ2v) is 13.7. The Kier molecular flexibility index (Phi) is 10.1. The quantitative estimate of drug-likeness (QED) is 0.213. The number of aromatic nitrogens is 6. The van der Waals surface area contributed by atoms with Gasteiger partial charge >= 0.3 is 6.09 Å². The number of hydrogen-bond acceptors (Lipinski definition) is 10. The summed E-state index contributed by atoms with van der Waals surface area (Å²) < 4.78 is 32.4. The molecule has 0 aliphatic heterocycles. The molecule has 3 N–H and O–H groups in total. The summed E-state index contributed by atoms with van der Waals surface area (Å²) in [5.41, 5.74) is 1.20. The van der Waals surface area contributed by atoms with Gasteiger partial charge < -0.3 is 10.1 Å². The number of methoxy groups -OCH3 is 1. The van der Waals surface area contributed by atoms with Crippen LogP contribution in [0.25, 0.3) is 22.9 Å². The van der Waals surface area contributed by atoms with Gasteiger partial charge in [0.15, 0.2) is 9.84 Å². The van der Waals surface area contributed by atoms with Crippen molar-refractivity contribution in [3.63, 3.8) is 0 Å². The first-order chi connectivity index (χ1) is 21.2. The molecule has 4 rings (SSSR count). The molecule has 16 heteroatoms. The van der Waals surface area contributed by atoms with Gasteiger partial charge in [0.2, 0.25) is 5.91 Å². The number of hydrogen-bond donors (Lipinski definition) is 3. The lowest BCUT2D eigenvalue weighted by Gasteiger charge is -2.22. The molecule has 45 heavy (non-hydrogen) atoms. The molecule has 2 aromatic carbocycles. The van der Waals surface area contributed by atoms with Crippen molar-refractivity contribution in [1.82, 2.24) is 35.7 Å². The Bertz CT molecular complexity index is 1870. The van der Waals surface area contributed by atoms with Gasteiger partial charge in [-0.1, -0.05) is 44.5 Å². The number of nitrogens with one attached hydrogen (secondary N) is 3. The van der Waals surface area contributed by atoms with Crippen molar-refractivity contribution in [3.8, 4) is 16.8 Å². The van der Waals surface area contributed by atoms with Gasteiger partial charge in [-0.25, -0.2) is 18.3 Å². The van der Waals surface area contributed by atoms with Crippen molar-refractivity contribution in [1.29, 1.82) is 0 Å². The lowest BCUT2D eigenvalue weighted by Crippen LogP contribution is -2.36. The van der Waals surface area contributed by atoms with Crippen molar-refractivity contribution in [3.05, 3.63) is 87.6 Å². The van der Waals surface area contributed by atoms with E-state index < -0.39 is 44.6 Å². The number of halogens is 1. The van der Waals surface area contributed by atoms with E-state index in [1.807, 2.05) is 0 Å². The second-order valence-electron chi connectivity index (χ2n) is 11.2. The summed E-state index contributed by atoms with van der Waals surface area (Å²) in [7, 11) is -2.48. The molecule has 0 saturated heterocycles. The fraction of sp³-hybridized carbons (Fsp3) is 0.276. The fourth-order valence-electron chi connectivity index (χ4n) is 4.41. The Hall–Kier alpha value is -4.89. The first-order valence-electron chi connectivity index (χ1n) is 13.5. The molecule has 0 saturated carbocycles. The predicted octanol–water partition coefficient (Wildman–Crippen LogP) is 3.58. The molecule has 0 unspecified atom stereocenters. The molecular formula is C29H31ClN8O6S. The van der Waals surface area contributed by atoms with Gasteiger partial charge in [0, 0.05) is 22.3 Å². The third kappa shape index (κ3) is 9.30. The average molecular weight is 655 g/mol. The van der Waals surface area contributed by atoms with Gasteiger partial charge in [-0.05, 0) is 63.9 Å². The van der Waals surface area contributed by atoms with Gasteiger partial charge in [-0.3, -0.25) is 14.9 Å². The molecule has 2 aromatic heterocycles. The van der Waals surface area contributed by atoms with Crippen molar-refractivity contribution in [2.24, 2.45) is 5.41 Å². The van der Waals surface area contributed by atoms with Gasteiger partial charge in [-0.15, -0.1) is 5.10 Å². The van der Waals surface area contributed by atoms with Crippen LogP contribution in [0.3, 0.4) is 0 Å². The molecule has 2 heterocycles. The number of ether oxygens (including phenoxy) is 1. The maximum absolute atomic E-state index is 13.2. The van der Waals surface area contributed by atoms with Crippen LogP contribution in [0.2, 0.25) is 5.02 Å². The maximum Gasteiger partial charge on any atom is 0.411 e. The number of aromatic amines is 1. The standard InChI is InChI=1S/C29H31ClN8O6S/c1-29(2,3)16-45(42,43)15-24(33-26(39)12-7-19-13-20(30)8-11-25(19)38-17-31-36-37-38)23-14-22(27(40)35-34-23)18-5-9-21(10-6-18)32-28(41)44-4/h5-14,17,24H,15-16H2,1-4H3,(H,32,41)(H,33,39)(H,35,40)/t24-/m0/s1. The molecule has 0 bridgehead atoms. The van der Waals surface area contributed by atoms with E-state index in [1.165, 1.54) is 36.3 Å². The molecule has 0 aliphatic carbocycles. The van der Waals surface area contributed by atoms with Crippen molar-refractivity contribution in [2.45, 2.75) is 26.8 Å². The third-order valence-corrected chi connectivity index (χ3v) is 8.58. The number of rotatable bonds is 10. The monoisotopic (exact) mass is 654 g/mol. The van der Waals surface area contributed by atoms with Crippen molar-refractivity contribution in [2.75, 3.05) is 23.9 Å². The Morgan fingerprint density at radius 3 is 2.51 bits per heavy atom. The van der Waals surface area contributed by atoms with Crippen LogP contribution in [0, 0.1) is 5.41 Å². The van der Waals surface area contributed by atoms with Crippen molar-refractivity contribution < 1.29 is 22.7 Å². The summed E-state index contributed by atoms with van der Waals surface area (Å²) in [6.07, 6.45) is 3.45. The predicted molar refractivity (Wildman–Crippen MR) is 169 cm³/mol. The number of H-pyrrole nitrogens is 1. The van der Waals surface area contributed by atoms with Crippen LogP contribution in [-0.2, 0) is 19.4 Å². The average Bonchev–Trinajstić information content (AvgIpc) is 3.50. The van der Waals surface area contributed by atoms with E-state index in [0.717, 1.165) is 0 Å². The molecule has 236 valence electrons. The van der Waals surface area contributed by atoms with E-state index in [-0.39, 0.29) is 17.0 Å². The van der Waals surface area contributed by atoms with Gasteiger partial charge in [0.25, 0.3) is 5.56 Å². The number of nitrogens with zero attached hydrogens (tertiary/aromatic N) is 5. The van der Waals surface area contributed by atoms with Gasteiger partial charge in [0.05, 0.1) is 41.6 Å². The Morgan fingerprint density at radius 1 is 1.13 bits per heavy atom. The van der Waals surface area contributed by atoms with Crippen LogP contribution in [-0.4, -0.2) is 69.4 Å². The number of benzene rings is 2.